The normalized spacial score (nSPS) is 12.6. The van der Waals surface area contributed by atoms with E-state index in [-0.39, 0.29) is 29.8 Å². The van der Waals surface area contributed by atoms with Crippen LogP contribution in [0.1, 0.15) is 44.5 Å². The maximum Gasteiger partial charge on any atom is 0.251 e. The molecule has 104 valence electrons. The highest BCUT2D eigenvalue weighted by atomic mass is 16.2. The summed E-state index contributed by atoms with van der Waals surface area (Å²) in [5, 5.41) is 5.69. The van der Waals surface area contributed by atoms with E-state index in [0.29, 0.717) is 5.56 Å². The fourth-order valence-corrected chi connectivity index (χ4v) is 1.70. The molecule has 1 aromatic rings. The Bertz CT molecular complexity index is 435. The number of amides is 2. The van der Waals surface area contributed by atoms with E-state index >= 15 is 0 Å². The van der Waals surface area contributed by atoms with Gasteiger partial charge in [-0.15, -0.1) is 0 Å². The quantitative estimate of drug-likeness (QED) is 0.873. The van der Waals surface area contributed by atoms with Crippen molar-refractivity contribution in [1.82, 2.24) is 10.6 Å². The van der Waals surface area contributed by atoms with Gasteiger partial charge in [-0.3, -0.25) is 9.59 Å². The lowest BCUT2D eigenvalue weighted by atomic mass is 10.1. The number of carbonyl (C=O) groups is 2. The summed E-state index contributed by atoms with van der Waals surface area (Å²) in [5.74, 6) is -0.218. The average molecular weight is 262 g/mol. The van der Waals surface area contributed by atoms with Gasteiger partial charge in [0.15, 0.2) is 0 Å². The van der Waals surface area contributed by atoms with E-state index < -0.39 is 0 Å². The number of hydrogen-bond donors (Lipinski definition) is 2. The minimum atomic E-state index is -0.250. The molecule has 0 aliphatic heterocycles. The first-order valence-electron chi connectivity index (χ1n) is 6.45. The fourth-order valence-electron chi connectivity index (χ4n) is 1.70. The van der Waals surface area contributed by atoms with Gasteiger partial charge in [-0.05, 0) is 39.8 Å². The molecule has 2 amide bonds. The van der Waals surface area contributed by atoms with Crippen molar-refractivity contribution in [3.63, 3.8) is 0 Å². The molecule has 0 aliphatic carbocycles. The van der Waals surface area contributed by atoms with Crippen molar-refractivity contribution in [2.75, 3.05) is 0 Å². The Kier molecular flexibility index (Phi) is 5.10. The molecule has 4 nitrogen and oxygen atoms in total. The van der Waals surface area contributed by atoms with Crippen molar-refractivity contribution in [3.05, 3.63) is 35.9 Å². The minimum absolute atomic E-state index is 0.0617. The Labute approximate surface area is 114 Å². The van der Waals surface area contributed by atoms with Crippen LogP contribution >= 0.6 is 0 Å². The number of benzene rings is 1. The number of carbonyl (C=O) groups excluding carboxylic acids is 2. The van der Waals surface area contributed by atoms with Crippen molar-refractivity contribution in [2.24, 2.45) is 0 Å². The molecular formula is C15H22N2O2. The summed E-state index contributed by atoms with van der Waals surface area (Å²) in [7, 11) is 0. The largest absolute Gasteiger partial charge is 0.351 e. The molecule has 19 heavy (non-hydrogen) atoms. The number of nitrogens with one attached hydrogen (secondary N) is 2. The SMILES string of the molecule is CC(CC(=O)NC(C)(C)C)NC(=O)c1ccccc1. The minimum Gasteiger partial charge on any atom is -0.351 e. The molecule has 1 aromatic carbocycles. The first-order valence-corrected chi connectivity index (χ1v) is 6.45. The Morgan fingerprint density at radius 3 is 2.26 bits per heavy atom. The highest BCUT2D eigenvalue weighted by Crippen LogP contribution is 2.03. The predicted molar refractivity (Wildman–Crippen MR) is 75.9 cm³/mol. The van der Waals surface area contributed by atoms with E-state index in [9.17, 15) is 9.59 Å². The molecule has 2 N–H and O–H groups in total. The summed E-state index contributed by atoms with van der Waals surface area (Å²) in [4.78, 5) is 23.6. The van der Waals surface area contributed by atoms with E-state index in [1.807, 2.05) is 45.9 Å². The van der Waals surface area contributed by atoms with Gasteiger partial charge in [0.2, 0.25) is 5.91 Å². The van der Waals surface area contributed by atoms with E-state index in [0.717, 1.165) is 0 Å². The zero-order valence-corrected chi connectivity index (χ0v) is 12.0. The van der Waals surface area contributed by atoms with Crippen LogP contribution in [0.2, 0.25) is 0 Å². The van der Waals surface area contributed by atoms with Crippen LogP contribution < -0.4 is 10.6 Å². The molecule has 0 saturated carbocycles. The van der Waals surface area contributed by atoms with Crippen molar-refractivity contribution >= 4 is 11.8 Å². The Hall–Kier alpha value is -1.84. The van der Waals surface area contributed by atoms with E-state index in [4.69, 9.17) is 0 Å². The second-order valence-corrected chi connectivity index (χ2v) is 5.74. The Balaban J connectivity index is 2.45. The van der Waals surface area contributed by atoms with E-state index in [1.165, 1.54) is 0 Å². The molecule has 0 heterocycles. The van der Waals surface area contributed by atoms with Gasteiger partial charge >= 0.3 is 0 Å². The standard InChI is InChI=1S/C15H22N2O2/c1-11(10-13(18)17-15(2,3)4)16-14(19)12-8-6-5-7-9-12/h5-9,11H,10H2,1-4H3,(H,16,19)(H,17,18). The third-order valence-electron chi connectivity index (χ3n) is 2.42. The third kappa shape index (κ3) is 6.04. The molecular weight excluding hydrogens is 240 g/mol. The van der Waals surface area contributed by atoms with Gasteiger partial charge in [0, 0.05) is 23.6 Å². The van der Waals surface area contributed by atoms with Crippen LogP contribution in [0.25, 0.3) is 0 Å². The van der Waals surface area contributed by atoms with Crippen molar-refractivity contribution in [3.8, 4) is 0 Å². The fraction of sp³-hybridized carbons (Fsp3) is 0.467. The van der Waals surface area contributed by atoms with Gasteiger partial charge in [0.05, 0.1) is 0 Å². The predicted octanol–water partition coefficient (Wildman–Crippen LogP) is 2.11. The first-order chi connectivity index (χ1) is 8.78. The van der Waals surface area contributed by atoms with Crippen molar-refractivity contribution in [1.29, 1.82) is 0 Å². The molecule has 0 aliphatic rings. The van der Waals surface area contributed by atoms with Crippen molar-refractivity contribution in [2.45, 2.75) is 45.7 Å². The maximum absolute atomic E-state index is 11.9. The first kappa shape index (κ1) is 15.2. The van der Waals surface area contributed by atoms with E-state index in [1.54, 1.807) is 12.1 Å². The van der Waals surface area contributed by atoms with Gasteiger partial charge in [-0.2, -0.15) is 0 Å². The zero-order chi connectivity index (χ0) is 14.5. The lowest BCUT2D eigenvalue weighted by Crippen LogP contribution is -2.44. The third-order valence-corrected chi connectivity index (χ3v) is 2.42. The second-order valence-electron chi connectivity index (χ2n) is 5.74. The molecule has 1 rings (SSSR count). The molecule has 1 unspecified atom stereocenters. The summed E-state index contributed by atoms with van der Waals surface area (Å²) in [5.41, 5.74) is 0.353. The van der Waals surface area contributed by atoms with Gasteiger partial charge in [0.25, 0.3) is 5.91 Å². The van der Waals surface area contributed by atoms with Gasteiger partial charge < -0.3 is 10.6 Å². The Morgan fingerprint density at radius 1 is 1.16 bits per heavy atom. The lowest BCUT2D eigenvalue weighted by Gasteiger charge is -2.22. The highest BCUT2D eigenvalue weighted by Gasteiger charge is 2.17. The van der Waals surface area contributed by atoms with E-state index in [2.05, 4.69) is 10.6 Å². The summed E-state index contributed by atoms with van der Waals surface area (Å²) in [6, 6.07) is 8.78. The van der Waals surface area contributed by atoms with Gasteiger partial charge in [0.1, 0.15) is 0 Å². The van der Waals surface area contributed by atoms with Crippen LogP contribution in [-0.2, 0) is 4.79 Å². The topological polar surface area (TPSA) is 58.2 Å². The highest BCUT2D eigenvalue weighted by molar-refractivity contribution is 5.94. The molecule has 4 heteroatoms. The monoisotopic (exact) mass is 262 g/mol. The zero-order valence-electron chi connectivity index (χ0n) is 12.0. The summed E-state index contributed by atoms with van der Waals surface area (Å²) < 4.78 is 0. The van der Waals surface area contributed by atoms with Gasteiger partial charge in [-0.25, -0.2) is 0 Å². The van der Waals surface area contributed by atoms with Crippen LogP contribution in [-0.4, -0.2) is 23.4 Å². The van der Waals surface area contributed by atoms with Crippen LogP contribution in [0.4, 0.5) is 0 Å². The second kappa shape index (κ2) is 6.36. The number of hydrogen-bond acceptors (Lipinski definition) is 2. The van der Waals surface area contributed by atoms with Crippen LogP contribution in [0.5, 0.6) is 0 Å². The number of rotatable bonds is 4. The van der Waals surface area contributed by atoms with Gasteiger partial charge in [-0.1, -0.05) is 18.2 Å². The summed E-state index contributed by atoms with van der Waals surface area (Å²) in [6.07, 6.45) is 0.274. The van der Waals surface area contributed by atoms with Crippen LogP contribution in [0, 0.1) is 0 Å². The molecule has 0 bridgehead atoms. The molecule has 1 atom stereocenters. The Morgan fingerprint density at radius 2 is 1.74 bits per heavy atom. The smallest absolute Gasteiger partial charge is 0.251 e. The molecule has 0 saturated heterocycles. The summed E-state index contributed by atoms with van der Waals surface area (Å²) in [6.45, 7) is 7.61. The lowest BCUT2D eigenvalue weighted by molar-refractivity contribution is -0.122. The summed E-state index contributed by atoms with van der Waals surface area (Å²) >= 11 is 0. The molecule has 0 aromatic heterocycles. The molecule has 0 spiro atoms. The maximum atomic E-state index is 11.9. The molecule has 0 fully saturated rings. The molecule has 0 radical (unpaired) electrons. The van der Waals surface area contributed by atoms with Crippen LogP contribution in [0.3, 0.4) is 0 Å². The van der Waals surface area contributed by atoms with Crippen molar-refractivity contribution < 1.29 is 9.59 Å². The van der Waals surface area contributed by atoms with Crippen LogP contribution in [0.15, 0.2) is 30.3 Å². The average Bonchev–Trinajstić information content (AvgIpc) is 2.27.